The summed E-state index contributed by atoms with van der Waals surface area (Å²) >= 11 is 0. The lowest BCUT2D eigenvalue weighted by Crippen LogP contribution is -2.28. The molecular formula is C14H16F2N2O. The maximum atomic E-state index is 13.2. The molecule has 1 aromatic rings. The van der Waals surface area contributed by atoms with Gasteiger partial charge >= 0.3 is 0 Å². The summed E-state index contributed by atoms with van der Waals surface area (Å²) in [7, 11) is 0. The highest BCUT2D eigenvalue weighted by Gasteiger charge is 2.71. The minimum Gasteiger partial charge on any atom is -0.516 e. The number of aryl methyl sites for hydroxylation is 1. The first-order valence-electron chi connectivity index (χ1n) is 6.51. The Bertz CT molecular complexity index is 516. The van der Waals surface area contributed by atoms with Gasteiger partial charge in [-0.2, -0.15) is 0 Å². The third-order valence-electron chi connectivity index (χ3n) is 4.11. The van der Waals surface area contributed by atoms with E-state index in [0.717, 1.165) is 29.8 Å². The number of hydrogen-bond acceptors (Lipinski definition) is 3. The molecule has 3 rings (SSSR count). The van der Waals surface area contributed by atoms with Crippen molar-refractivity contribution < 1.29 is 13.9 Å². The molecule has 2 atom stereocenters. The molecule has 5 heteroatoms. The average Bonchev–Trinajstić information content (AvgIpc) is 2.81. The molecule has 1 saturated heterocycles. The van der Waals surface area contributed by atoms with Gasteiger partial charge in [-0.15, -0.1) is 0 Å². The summed E-state index contributed by atoms with van der Waals surface area (Å²) in [5.41, 5.74) is 1.73. The Balaban J connectivity index is 1.80. The molecule has 1 aliphatic heterocycles. The molecular weight excluding hydrogens is 250 g/mol. The maximum Gasteiger partial charge on any atom is 0.258 e. The quantitative estimate of drug-likeness (QED) is 0.855. The second kappa shape index (κ2) is 4.18. The fraction of sp³-hybridized carbons (Fsp3) is 0.500. The number of halogens is 2. The Kier molecular flexibility index (Phi) is 2.73. The molecule has 0 spiro atoms. The second-order valence-electron chi connectivity index (χ2n) is 5.17. The molecule has 2 fully saturated rings. The molecule has 1 aliphatic carbocycles. The predicted molar refractivity (Wildman–Crippen MR) is 69.4 cm³/mol. The van der Waals surface area contributed by atoms with Crippen LogP contribution in [0, 0.1) is 11.8 Å². The largest absolute Gasteiger partial charge is 0.516 e. The van der Waals surface area contributed by atoms with E-state index in [-0.39, 0.29) is 0 Å². The van der Waals surface area contributed by atoms with Crippen LogP contribution in [0.1, 0.15) is 18.2 Å². The van der Waals surface area contributed by atoms with E-state index in [2.05, 4.69) is 4.98 Å². The Labute approximate surface area is 110 Å². The van der Waals surface area contributed by atoms with Gasteiger partial charge in [0.25, 0.3) is 5.92 Å². The summed E-state index contributed by atoms with van der Waals surface area (Å²) in [6, 6.07) is 3.70. The molecule has 2 heterocycles. The summed E-state index contributed by atoms with van der Waals surface area (Å²) in [6.07, 6.45) is 3.32. The van der Waals surface area contributed by atoms with Gasteiger partial charge in [0.05, 0.1) is 18.1 Å². The predicted octanol–water partition coefficient (Wildman–Crippen LogP) is 2.87. The minimum atomic E-state index is -2.45. The molecule has 102 valence electrons. The Hall–Kier alpha value is -1.65. The van der Waals surface area contributed by atoms with Crippen LogP contribution in [-0.4, -0.2) is 29.1 Å². The number of aliphatic hydroxyl groups excluding tert-OH is 1. The highest BCUT2D eigenvalue weighted by molar-refractivity contribution is 5.55. The summed E-state index contributed by atoms with van der Waals surface area (Å²) in [5, 5.41) is 8.82. The fourth-order valence-electron chi connectivity index (χ4n) is 2.89. The normalized spacial score (nSPS) is 27.8. The summed E-state index contributed by atoms with van der Waals surface area (Å²) in [4.78, 5) is 6.44. The number of fused-ring (bicyclic) bond motifs is 1. The lowest BCUT2D eigenvalue weighted by Gasteiger charge is -2.21. The number of pyridine rings is 1. The maximum absolute atomic E-state index is 13.2. The third kappa shape index (κ3) is 1.88. The molecule has 3 nitrogen and oxygen atoms in total. The van der Waals surface area contributed by atoms with Gasteiger partial charge in [-0.25, -0.2) is 13.8 Å². The van der Waals surface area contributed by atoms with Crippen molar-refractivity contribution in [2.24, 2.45) is 11.8 Å². The van der Waals surface area contributed by atoms with Crippen LogP contribution in [0.5, 0.6) is 0 Å². The van der Waals surface area contributed by atoms with Crippen LogP contribution >= 0.6 is 0 Å². The number of hydrogen-bond donors (Lipinski definition) is 1. The van der Waals surface area contributed by atoms with E-state index in [1.165, 1.54) is 0 Å². The second-order valence-corrected chi connectivity index (χ2v) is 5.17. The van der Waals surface area contributed by atoms with Crippen molar-refractivity contribution in [3.63, 3.8) is 0 Å². The lowest BCUT2D eigenvalue weighted by molar-refractivity contribution is 0.0797. The standard InChI is InChI=1S/C14H16F2N2O/c1-2-12-9(5-6-19)3-4-13(17-12)18-7-10-11(8-18)14(10,15)16/h3-6,10-11,19H,2,7-8H2,1H3. The van der Waals surface area contributed by atoms with Crippen LogP contribution in [0.25, 0.3) is 6.08 Å². The summed E-state index contributed by atoms with van der Waals surface area (Å²) in [5.74, 6) is -2.67. The van der Waals surface area contributed by atoms with Crippen molar-refractivity contribution in [1.29, 1.82) is 0 Å². The summed E-state index contributed by atoms with van der Waals surface area (Å²) < 4.78 is 26.3. The highest BCUT2D eigenvalue weighted by Crippen LogP contribution is 2.59. The van der Waals surface area contributed by atoms with E-state index >= 15 is 0 Å². The topological polar surface area (TPSA) is 36.4 Å². The molecule has 2 aliphatic rings. The molecule has 1 N–H and O–H groups in total. The van der Waals surface area contributed by atoms with E-state index in [0.29, 0.717) is 13.1 Å². The van der Waals surface area contributed by atoms with Gasteiger partial charge in [-0.3, -0.25) is 0 Å². The third-order valence-corrected chi connectivity index (χ3v) is 4.11. The molecule has 19 heavy (non-hydrogen) atoms. The number of anilines is 1. The molecule has 0 radical (unpaired) electrons. The van der Waals surface area contributed by atoms with Crippen molar-refractivity contribution in [2.45, 2.75) is 19.3 Å². The number of piperidine rings is 1. The van der Waals surface area contributed by atoms with Crippen LogP contribution in [0.3, 0.4) is 0 Å². The van der Waals surface area contributed by atoms with Crippen LogP contribution in [0.15, 0.2) is 18.4 Å². The van der Waals surface area contributed by atoms with Gasteiger partial charge in [0, 0.05) is 18.8 Å². The first-order chi connectivity index (χ1) is 9.07. The minimum absolute atomic E-state index is 0.392. The Morgan fingerprint density at radius 3 is 2.68 bits per heavy atom. The van der Waals surface area contributed by atoms with E-state index in [1.54, 1.807) is 6.08 Å². The zero-order chi connectivity index (χ0) is 13.6. The van der Waals surface area contributed by atoms with Crippen molar-refractivity contribution in [1.82, 2.24) is 4.98 Å². The average molecular weight is 266 g/mol. The van der Waals surface area contributed by atoms with Crippen molar-refractivity contribution in [3.8, 4) is 0 Å². The van der Waals surface area contributed by atoms with E-state index in [9.17, 15) is 8.78 Å². The van der Waals surface area contributed by atoms with Gasteiger partial charge in [-0.1, -0.05) is 6.92 Å². The van der Waals surface area contributed by atoms with E-state index < -0.39 is 17.8 Å². The molecule has 0 amide bonds. The van der Waals surface area contributed by atoms with Crippen molar-refractivity contribution >= 4 is 11.9 Å². The highest BCUT2D eigenvalue weighted by atomic mass is 19.3. The van der Waals surface area contributed by atoms with Gasteiger partial charge < -0.3 is 10.0 Å². The first kappa shape index (κ1) is 12.4. The van der Waals surface area contributed by atoms with Crippen LogP contribution in [0.4, 0.5) is 14.6 Å². The molecule has 0 aromatic carbocycles. The van der Waals surface area contributed by atoms with Gasteiger partial charge in [-0.05, 0) is 30.2 Å². The number of nitrogens with zero attached hydrogens (tertiary/aromatic N) is 2. The Morgan fingerprint density at radius 1 is 1.42 bits per heavy atom. The fourth-order valence-corrected chi connectivity index (χ4v) is 2.89. The SMILES string of the molecule is CCc1nc(N2CC3C(C2)C3(F)F)ccc1C=CO. The van der Waals surface area contributed by atoms with Gasteiger partial charge in [0.2, 0.25) is 0 Å². The number of aromatic nitrogens is 1. The smallest absolute Gasteiger partial charge is 0.258 e. The first-order valence-corrected chi connectivity index (χ1v) is 6.51. The van der Waals surface area contributed by atoms with Crippen molar-refractivity contribution in [3.05, 3.63) is 29.7 Å². The van der Waals surface area contributed by atoms with Crippen molar-refractivity contribution in [2.75, 3.05) is 18.0 Å². The molecule has 1 aromatic heterocycles. The summed E-state index contributed by atoms with van der Waals surface area (Å²) in [6.45, 7) is 2.77. The molecule has 1 saturated carbocycles. The number of aliphatic hydroxyl groups is 1. The number of rotatable bonds is 3. The van der Waals surface area contributed by atoms with E-state index in [1.807, 2.05) is 24.0 Å². The van der Waals surface area contributed by atoms with Crippen LogP contribution in [-0.2, 0) is 6.42 Å². The number of alkyl halides is 2. The van der Waals surface area contributed by atoms with Gasteiger partial charge in [0.1, 0.15) is 5.82 Å². The Morgan fingerprint density at radius 2 is 2.11 bits per heavy atom. The van der Waals surface area contributed by atoms with Crippen LogP contribution in [0.2, 0.25) is 0 Å². The zero-order valence-electron chi connectivity index (χ0n) is 10.7. The molecule has 0 bridgehead atoms. The zero-order valence-corrected chi connectivity index (χ0v) is 10.7. The molecule has 2 unspecified atom stereocenters. The monoisotopic (exact) mass is 266 g/mol. The van der Waals surface area contributed by atoms with Crippen LogP contribution < -0.4 is 4.90 Å². The lowest BCUT2D eigenvalue weighted by atomic mass is 10.1. The van der Waals surface area contributed by atoms with Gasteiger partial charge in [0.15, 0.2) is 0 Å². The van der Waals surface area contributed by atoms with E-state index in [4.69, 9.17) is 5.11 Å².